The lowest BCUT2D eigenvalue weighted by atomic mass is 9.79. The van der Waals surface area contributed by atoms with E-state index in [0.717, 1.165) is 33.4 Å². The molecule has 4 atom stereocenters. The average molecular weight is 770 g/mol. The first-order valence-corrected chi connectivity index (χ1v) is 19.3. The Hall–Kier alpha value is -6.49. The fraction of sp³-hybridized carbons (Fsp3) is 0.163. The van der Waals surface area contributed by atoms with Gasteiger partial charge in [0.25, 0.3) is 0 Å². The number of carbonyl (C=O) groups excluding carboxylic acids is 1. The zero-order valence-electron chi connectivity index (χ0n) is 31.9. The van der Waals surface area contributed by atoms with Crippen LogP contribution in [0.25, 0.3) is 0 Å². The number of nitrogens with zero attached hydrogens (tertiary/aromatic N) is 2. The van der Waals surface area contributed by atoms with Crippen molar-refractivity contribution in [2.45, 2.75) is 42.7 Å². The molecule has 1 fully saturated rings. The topological polar surface area (TPSA) is 112 Å². The minimum absolute atomic E-state index is 0.0928. The van der Waals surface area contributed by atoms with Crippen molar-refractivity contribution in [1.29, 1.82) is 0 Å². The van der Waals surface area contributed by atoms with Gasteiger partial charge in [-0.2, -0.15) is 4.98 Å². The van der Waals surface area contributed by atoms with Gasteiger partial charge < -0.3 is 24.6 Å². The molecule has 7 aromatic rings. The number of carbonyl (C=O) groups is 1. The zero-order chi connectivity index (χ0) is 40.0. The summed E-state index contributed by atoms with van der Waals surface area (Å²) in [7, 11) is 0. The molecule has 2 N–H and O–H groups in total. The highest BCUT2D eigenvalue weighted by Gasteiger charge is 2.52. The number of ether oxygens (including phenoxy) is 3. The Morgan fingerprint density at radius 1 is 0.638 bits per heavy atom. The van der Waals surface area contributed by atoms with E-state index in [-0.39, 0.29) is 18.3 Å². The van der Waals surface area contributed by atoms with Crippen LogP contribution in [0.2, 0.25) is 0 Å². The number of aliphatic hydroxyl groups excluding tert-OH is 1. The fourth-order valence-electron chi connectivity index (χ4n) is 7.97. The SMILES string of the molecule is CC(=O)Nc1ccn([C@@H]2O[C@H](COC(c3ccccc3)(c3ccccc3)c3ccccc3)[C@@H](O)[C@H]2OC(c2ccccc2)(c2ccccc2)c2ccccc2)c(=O)n1. The summed E-state index contributed by atoms with van der Waals surface area (Å²) in [5.41, 5.74) is 1.99. The molecule has 0 aliphatic carbocycles. The lowest BCUT2D eigenvalue weighted by Gasteiger charge is -2.40. The van der Waals surface area contributed by atoms with Gasteiger partial charge in [0.05, 0.1) is 6.61 Å². The molecule has 1 amide bonds. The van der Waals surface area contributed by atoms with Crippen LogP contribution >= 0.6 is 0 Å². The van der Waals surface area contributed by atoms with Crippen LogP contribution in [0.5, 0.6) is 0 Å². The molecule has 1 aliphatic heterocycles. The molecule has 1 aliphatic rings. The van der Waals surface area contributed by atoms with Crippen molar-refractivity contribution < 1.29 is 24.1 Å². The Morgan fingerprint density at radius 3 is 1.38 bits per heavy atom. The number of aromatic nitrogens is 2. The van der Waals surface area contributed by atoms with Crippen molar-refractivity contribution >= 4 is 11.7 Å². The minimum Gasteiger partial charge on any atom is -0.387 e. The number of hydrogen-bond donors (Lipinski definition) is 2. The second kappa shape index (κ2) is 16.9. The minimum atomic E-state index is -1.32. The molecule has 0 radical (unpaired) electrons. The summed E-state index contributed by atoms with van der Waals surface area (Å²) in [6.07, 6.45) is -3.14. The number of aliphatic hydroxyl groups is 1. The van der Waals surface area contributed by atoms with E-state index in [9.17, 15) is 14.7 Å². The highest BCUT2D eigenvalue weighted by Crippen LogP contribution is 2.46. The third-order valence-electron chi connectivity index (χ3n) is 10.6. The first-order valence-electron chi connectivity index (χ1n) is 19.3. The van der Waals surface area contributed by atoms with E-state index in [4.69, 9.17) is 14.2 Å². The smallest absolute Gasteiger partial charge is 0.351 e. The Kier molecular flexibility index (Phi) is 11.2. The van der Waals surface area contributed by atoms with Crippen LogP contribution in [0.4, 0.5) is 5.82 Å². The van der Waals surface area contributed by atoms with Crippen molar-refractivity contribution in [3.05, 3.63) is 238 Å². The van der Waals surface area contributed by atoms with Crippen LogP contribution in [0, 0.1) is 0 Å². The molecule has 0 saturated carbocycles. The maximum Gasteiger partial charge on any atom is 0.351 e. The van der Waals surface area contributed by atoms with E-state index in [1.807, 2.05) is 182 Å². The van der Waals surface area contributed by atoms with E-state index in [0.29, 0.717) is 0 Å². The summed E-state index contributed by atoms with van der Waals surface area (Å²) in [6.45, 7) is 1.24. The molecule has 58 heavy (non-hydrogen) atoms. The van der Waals surface area contributed by atoms with Gasteiger partial charge in [-0.1, -0.05) is 182 Å². The second-order valence-electron chi connectivity index (χ2n) is 14.2. The van der Waals surface area contributed by atoms with Gasteiger partial charge in [0.1, 0.15) is 35.3 Å². The molecule has 9 heteroatoms. The van der Waals surface area contributed by atoms with Crippen molar-refractivity contribution in [3.63, 3.8) is 0 Å². The molecular formula is C49H43N3O6. The molecule has 0 unspecified atom stereocenters. The molecule has 290 valence electrons. The molecule has 0 bridgehead atoms. The van der Waals surface area contributed by atoms with E-state index < -0.39 is 41.4 Å². The lowest BCUT2D eigenvalue weighted by Crippen LogP contribution is -2.46. The van der Waals surface area contributed by atoms with Gasteiger partial charge in [0.2, 0.25) is 5.91 Å². The second-order valence-corrected chi connectivity index (χ2v) is 14.2. The molecular weight excluding hydrogens is 727 g/mol. The highest BCUT2D eigenvalue weighted by atomic mass is 16.6. The predicted molar refractivity (Wildman–Crippen MR) is 222 cm³/mol. The molecule has 6 aromatic carbocycles. The van der Waals surface area contributed by atoms with Crippen molar-refractivity contribution in [3.8, 4) is 0 Å². The lowest BCUT2D eigenvalue weighted by molar-refractivity contribution is -0.125. The van der Waals surface area contributed by atoms with Crippen LogP contribution in [0.3, 0.4) is 0 Å². The largest absolute Gasteiger partial charge is 0.387 e. The number of nitrogens with one attached hydrogen (secondary N) is 1. The van der Waals surface area contributed by atoms with Crippen molar-refractivity contribution in [2.75, 3.05) is 11.9 Å². The van der Waals surface area contributed by atoms with Crippen LogP contribution in [0.15, 0.2) is 199 Å². The molecule has 9 nitrogen and oxygen atoms in total. The molecule has 8 rings (SSSR count). The van der Waals surface area contributed by atoms with Gasteiger partial charge in [0, 0.05) is 13.1 Å². The number of benzene rings is 6. The summed E-state index contributed by atoms with van der Waals surface area (Å²) in [5, 5.41) is 15.2. The van der Waals surface area contributed by atoms with Gasteiger partial charge in [-0.25, -0.2) is 4.79 Å². The maximum atomic E-state index is 13.9. The maximum absolute atomic E-state index is 13.9. The fourth-order valence-corrected chi connectivity index (χ4v) is 7.97. The van der Waals surface area contributed by atoms with Crippen molar-refractivity contribution in [2.24, 2.45) is 0 Å². The van der Waals surface area contributed by atoms with Crippen molar-refractivity contribution in [1.82, 2.24) is 9.55 Å². The van der Waals surface area contributed by atoms with Gasteiger partial charge >= 0.3 is 5.69 Å². The third-order valence-corrected chi connectivity index (χ3v) is 10.6. The molecule has 2 heterocycles. The summed E-state index contributed by atoms with van der Waals surface area (Å²) in [5.74, 6) is -0.275. The van der Waals surface area contributed by atoms with E-state index in [1.54, 1.807) is 0 Å². The number of anilines is 1. The third kappa shape index (κ3) is 7.40. The summed E-state index contributed by atoms with van der Waals surface area (Å²) < 4.78 is 22.6. The highest BCUT2D eigenvalue weighted by molar-refractivity contribution is 5.87. The average Bonchev–Trinajstić information content (AvgIpc) is 3.58. The van der Waals surface area contributed by atoms with E-state index in [2.05, 4.69) is 10.3 Å². The first-order chi connectivity index (χ1) is 28.4. The van der Waals surface area contributed by atoms with E-state index in [1.165, 1.54) is 23.8 Å². The van der Waals surface area contributed by atoms with Crippen LogP contribution in [-0.2, 0) is 30.2 Å². The van der Waals surface area contributed by atoms with Gasteiger partial charge in [-0.15, -0.1) is 0 Å². The predicted octanol–water partition coefficient (Wildman–Crippen LogP) is 7.85. The van der Waals surface area contributed by atoms with E-state index >= 15 is 0 Å². The molecule has 0 spiro atoms. The standard InChI is InChI=1S/C49H43N3O6/c1-35(53)50-43-32-33-52(47(55)51-43)46-45(58-49(39-26-14-5-15-27-39,40-28-16-6-17-29-40)41-30-18-7-19-31-41)44(54)42(57-46)34-56-48(36-20-8-2-9-21-36,37-22-10-3-11-23-37)38-24-12-4-13-25-38/h2-33,42,44-46,54H,34H2,1H3,(H,50,51,53,55)/t42-,44-,45-,46-/m1/s1. The van der Waals surface area contributed by atoms with Crippen LogP contribution in [0.1, 0.15) is 46.5 Å². The zero-order valence-corrected chi connectivity index (χ0v) is 31.9. The Balaban J connectivity index is 1.26. The van der Waals surface area contributed by atoms with Crippen LogP contribution in [-0.4, -0.2) is 45.5 Å². The summed E-state index contributed by atoms with van der Waals surface area (Å²) in [4.78, 5) is 29.9. The van der Waals surface area contributed by atoms with Gasteiger partial charge in [0.15, 0.2) is 6.23 Å². The number of amides is 1. The summed E-state index contributed by atoms with van der Waals surface area (Å²) in [6, 6.07) is 60.8. The van der Waals surface area contributed by atoms with Gasteiger partial charge in [-0.05, 0) is 39.4 Å². The molecule has 1 aromatic heterocycles. The Morgan fingerprint density at radius 2 is 1.02 bits per heavy atom. The van der Waals surface area contributed by atoms with Gasteiger partial charge in [-0.3, -0.25) is 9.36 Å². The number of rotatable bonds is 13. The first kappa shape index (κ1) is 38.4. The quantitative estimate of drug-likeness (QED) is 0.115. The normalized spacial score (nSPS) is 18.1. The Labute approximate surface area is 337 Å². The summed E-state index contributed by atoms with van der Waals surface area (Å²) >= 11 is 0. The Bertz CT molecular complexity index is 2280. The van der Waals surface area contributed by atoms with Crippen LogP contribution < -0.4 is 11.0 Å². The number of hydrogen-bond acceptors (Lipinski definition) is 7. The molecule has 1 saturated heterocycles. The monoisotopic (exact) mass is 769 g/mol.